The van der Waals surface area contributed by atoms with E-state index in [9.17, 15) is 18.4 Å². The van der Waals surface area contributed by atoms with E-state index in [2.05, 4.69) is 20.8 Å². The van der Waals surface area contributed by atoms with Crippen molar-refractivity contribution in [3.63, 3.8) is 0 Å². The second-order valence-electron chi connectivity index (χ2n) is 5.41. The van der Waals surface area contributed by atoms with Crippen LogP contribution in [0.25, 0.3) is 0 Å². The van der Waals surface area contributed by atoms with Gasteiger partial charge in [0.25, 0.3) is 11.8 Å². The molecule has 0 bridgehead atoms. The minimum Gasteiger partial charge on any atom is -0.347 e. The lowest BCUT2D eigenvalue weighted by atomic mass is 10.2. The maximum Gasteiger partial charge on any atom is 0.271 e. The lowest BCUT2D eigenvalue weighted by Gasteiger charge is -2.08. The van der Waals surface area contributed by atoms with E-state index >= 15 is 0 Å². The molecule has 0 aliphatic heterocycles. The van der Waals surface area contributed by atoms with E-state index in [0.717, 1.165) is 17.7 Å². The zero-order valence-corrected chi connectivity index (χ0v) is 13.4. The number of rotatable bonds is 5. The molecule has 0 aliphatic rings. The van der Waals surface area contributed by atoms with Crippen molar-refractivity contribution in [3.8, 4) is 0 Å². The Labute approximate surface area is 147 Å². The molecular weight excluding hydrogens is 342 g/mol. The maximum atomic E-state index is 13.7. The predicted octanol–water partition coefficient (Wildman–Crippen LogP) is 2.87. The Hall–Kier alpha value is -3.55. The van der Waals surface area contributed by atoms with Gasteiger partial charge >= 0.3 is 0 Å². The number of nitrogens with zero attached hydrogens (tertiary/aromatic N) is 1. The fraction of sp³-hybridized carbons (Fsp3) is 0.0556. The van der Waals surface area contributed by atoms with E-state index in [1.807, 2.05) is 30.3 Å². The number of hydrogen-bond acceptors (Lipinski definition) is 3. The van der Waals surface area contributed by atoms with Gasteiger partial charge in [-0.1, -0.05) is 30.3 Å². The largest absolute Gasteiger partial charge is 0.347 e. The van der Waals surface area contributed by atoms with Gasteiger partial charge in [0.2, 0.25) is 0 Å². The molecule has 2 amide bonds. The van der Waals surface area contributed by atoms with E-state index in [-0.39, 0.29) is 16.9 Å². The van der Waals surface area contributed by atoms with Crippen molar-refractivity contribution < 1.29 is 18.4 Å². The summed E-state index contributed by atoms with van der Waals surface area (Å²) < 4.78 is 26.6. The predicted molar refractivity (Wildman–Crippen MR) is 90.5 cm³/mol. The average Bonchev–Trinajstić information content (AvgIpc) is 3.08. The summed E-state index contributed by atoms with van der Waals surface area (Å²) in [6.45, 7) is 0.290. The number of halogens is 2. The van der Waals surface area contributed by atoms with Gasteiger partial charge in [-0.25, -0.2) is 8.78 Å². The molecule has 8 heteroatoms. The summed E-state index contributed by atoms with van der Waals surface area (Å²) in [4.78, 5) is 24.4. The van der Waals surface area contributed by atoms with Crippen molar-refractivity contribution in [2.24, 2.45) is 0 Å². The first-order chi connectivity index (χ1) is 12.5. The number of carbonyl (C=O) groups excluding carboxylic acids is 2. The van der Waals surface area contributed by atoms with Crippen molar-refractivity contribution >= 4 is 17.5 Å². The first-order valence-electron chi connectivity index (χ1n) is 7.66. The molecule has 0 aliphatic carbocycles. The third kappa shape index (κ3) is 3.92. The topological polar surface area (TPSA) is 86.9 Å². The van der Waals surface area contributed by atoms with Crippen LogP contribution in [0.4, 0.5) is 14.5 Å². The van der Waals surface area contributed by atoms with Crippen LogP contribution in [-0.4, -0.2) is 22.0 Å². The lowest BCUT2D eigenvalue weighted by Crippen LogP contribution is -2.25. The van der Waals surface area contributed by atoms with Crippen LogP contribution in [0.1, 0.15) is 26.4 Å². The van der Waals surface area contributed by atoms with Gasteiger partial charge in [-0.3, -0.25) is 14.7 Å². The van der Waals surface area contributed by atoms with E-state index in [1.165, 1.54) is 6.20 Å². The van der Waals surface area contributed by atoms with Gasteiger partial charge in [0.15, 0.2) is 0 Å². The molecule has 3 rings (SSSR count). The Kier molecular flexibility index (Phi) is 5.02. The van der Waals surface area contributed by atoms with Gasteiger partial charge in [-0.2, -0.15) is 5.10 Å². The van der Waals surface area contributed by atoms with Gasteiger partial charge in [0.1, 0.15) is 17.3 Å². The van der Waals surface area contributed by atoms with Gasteiger partial charge < -0.3 is 10.6 Å². The molecule has 26 heavy (non-hydrogen) atoms. The van der Waals surface area contributed by atoms with Crippen LogP contribution in [0.3, 0.4) is 0 Å². The molecular formula is C18H14F2N4O2. The molecule has 1 heterocycles. The quantitative estimate of drug-likeness (QED) is 0.657. The first kappa shape index (κ1) is 17.3. The summed E-state index contributed by atoms with van der Waals surface area (Å²) in [5.74, 6) is -3.09. The lowest BCUT2D eigenvalue weighted by molar-refractivity contribution is 0.0946. The van der Waals surface area contributed by atoms with Crippen LogP contribution < -0.4 is 10.6 Å². The molecule has 0 saturated carbocycles. The van der Waals surface area contributed by atoms with Gasteiger partial charge in [-0.15, -0.1) is 0 Å². The number of nitrogens with one attached hydrogen (secondary N) is 3. The Morgan fingerprint density at radius 1 is 1.04 bits per heavy atom. The number of amides is 2. The third-order valence-electron chi connectivity index (χ3n) is 3.59. The van der Waals surface area contributed by atoms with Crippen LogP contribution >= 0.6 is 0 Å². The highest BCUT2D eigenvalue weighted by Gasteiger charge is 2.18. The summed E-state index contributed by atoms with van der Waals surface area (Å²) >= 11 is 0. The van der Waals surface area contributed by atoms with Gasteiger partial charge in [0.05, 0.1) is 17.4 Å². The molecule has 132 valence electrons. The number of carbonyl (C=O) groups is 2. The summed E-state index contributed by atoms with van der Waals surface area (Å²) in [5, 5.41) is 11.3. The Balaban J connectivity index is 1.69. The smallest absolute Gasteiger partial charge is 0.271 e. The van der Waals surface area contributed by atoms with Crippen LogP contribution in [0.2, 0.25) is 0 Å². The van der Waals surface area contributed by atoms with Crippen molar-refractivity contribution in [2.45, 2.75) is 6.54 Å². The molecule has 0 saturated heterocycles. The highest BCUT2D eigenvalue weighted by molar-refractivity contribution is 6.08. The second-order valence-corrected chi connectivity index (χ2v) is 5.41. The van der Waals surface area contributed by atoms with Crippen molar-refractivity contribution in [1.82, 2.24) is 15.5 Å². The molecule has 0 fully saturated rings. The highest BCUT2D eigenvalue weighted by atomic mass is 19.1. The van der Waals surface area contributed by atoms with Crippen LogP contribution in [0.5, 0.6) is 0 Å². The Bertz CT molecular complexity index is 941. The number of H-pyrrole nitrogens is 1. The normalized spacial score (nSPS) is 10.4. The molecule has 2 aromatic carbocycles. The van der Waals surface area contributed by atoms with E-state index in [1.54, 1.807) is 0 Å². The number of aromatic nitrogens is 2. The second kappa shape index (κ2) is 7.56. The number of hydrogen-bond donors (Lipinski definition) is 3. The van der Waals surface area contributed by atoms with Crippen LogP contribution in [0.15, 0.2) is 54.7 Å². The summed E-state index contributed by atoms with van der Waals surface area (Å²) in [6.07, 6.45) is 1.23. The van der Waals surface area contributed by atoms with Crippen LogP contribution in [-0.2, 0) is 6.54 Å². The molecule has 0 radical (unpaired) electrons. The number of anilines is 1. The van der Waals surface area contributed by atoms with Crippen molar-refractivity contribution in [3.05, 3.63) is 83.2 Å². The van der Waals surface area contributed by atoms with Crippen molar-refractivity contribution in [2.75, 3.05) is 5.32 Å². The Morgan fingerprint density at radius 2 is 1.81 bits per heavy atom. The zero-order valence-electron chi connectivity index (χ0n) is 13.4. The van der Waals surface area contributed by atoms with E-state index < -0.39 is 23.4 Å². The fourth-order valence-corrected chi connectivity index (χ4v) is 2.28. The van der Waals surface area contributed by atoms with Gasteiger partial charge in [0, 0.05) is 12.6 Å². The first-order valence-corrected chi connectivity index (χ1v) is 7.66. The summed E-state index contributed by atoms with van der Waals surface area (Å²) in [7, 11) is 0. The number of aromatic amines is 1. The summed E-state index contributed by atoms with van der Waals surface area (Å²) in [6, 6.07) is 11.9. The van der Waals surface area contributed by atoms with E-state index in [4.69, 9.17) is 0 Å². The minimum absolute atomic E-state index is 0.0248. The summed E-state index contributed by atoms with van der Waals surface area (Å²) in [5.41, 5.74) is 0.670. The van der Waals surface area contributed by atoms with E-state index in [0.29, 0.717) is 12.6 Å². The maximum absolute atomic E-state index is 13.7. The molecule has 0 unspecified atom stereocenters. The molecule has 3 aromatic rings. The standard InChI is InChI=1S/C18H14F2N4O2/c19-12-6-7-13(14(20)8-12)17(25)23-15-10-22-24-16(15)18(26)21-9-11-4-2-1-3-5-11/h1-8,10H,9H2,(H,21,26)(H,22,24)(H,23,25). The Morgan fingerprint density at radius 3 is 2.54 bits per heavy atom. The molecule has 6 nitrogen and oxygen atoms in total. The molecule has 1 aromatic heterocycles. The minimum atomic E-state index is -0.999. The highest BCUT2D eigenvalue weighted by Crippen LogP contribution is 2.16. The SMILES string of the molecule is O=C(Nc1cn[nH]c1C(=O)NCc1ccccc1)c1ccc(F)cc1F. The van der Waals surface area contributed by atoms with Crippen molar-refractivity contribution in [1.29, 1.82) is 0 Å². The average molecular weight is 356 g/mol. The molecule has 3 N–H and O–H groups in total. The number of benzene rings is 2. The van der Waals surface area contributed by atoms with Crippen LogP contribution in [0, 0.1) is 11.6 Å². The zero-order chi connectivity index (χ0) is 18.5. The fourth-order valence-electron chi connectivity index (χ4n) is 2.28. The molecule has 0 atom stereocenters. The monoisotopic (exact) mass is 356 g/mol. The third-order valence-corrected chi connectivity index (χ3v) is 3.59. The van der Waals surface area contributed by atoms with Gasteiger partial charge in [-0.05, 0) is 17.7 Å². The molecule has 0 spiro atoms.